The van der Waals surface area contributed by atoms with E-state index in [1.54, 1.807) is 6.92 Å². The highest BCUT2D eigenvalue weighted by atomic mass is 16.2. The summed E-state index contributed by atoms with van der Waals surface area (Å²) in [5, 5.41) is 0. The van der Waals surface area contributed by atoms with E-state index in [1.807, 2.05) is 4.90 Å². The van der Waals surface area contributed by atoms with Crippen molar-refractivity contribution in [1.29, 1.82) is 0 Å². The number of anilines is 1. The van der Waals surface area contributed by atoms with Crippen LogP contribution in [-0.4, -0.2) is 0 Å². The Labute approximate surface area is 118 Å². The van der Waals surface area contributed by atoms with Gasteiger partial charge in [0.05, 0.1) is 5.69 Å². The SMILES string of the molecule is Cc1c(N2Cc3ccc(CC(C)C)cc3C2)c(=O)c1=O. The number of hydrogen-bond donors (Lipinski definition) is 0. The largest absolute Gasteiger partial charge is 0.359 e. The van der Waals surface area contributed by atoms with E-state index in [1.165, 1.54) is 16.7 Å². The van der Waals surface area contributed by atoms with Crippen LogP contribution in [0.25, 0.3) is 0 Å². The molecule has 3 nitrogen and oxygen atoms in total. The molecule has 0 saturated heterocycles. The molecule has 20 heavy (non-hydrogen) atoms. The minimum absolute atomic E-state index is 0.322. The molecule has 3 heteroatoms. The van der Waals surface area contributed by atoms with Gasteiger partial charge in [0, 0.05) is 18.7 Å². The van der Waals surface area contributed by atoms with Gasteiger partial charge in [-0.1, -0.05) is 32.0 Å². The lowest BCUT2D eigenvalue weighted by atomic mass is 9.99. The first-order chi connectivity index (χ1) is 9.47. The molecule has 0 aliphatic carbocycles. The second kappa shape index (κ2) is 4.58. The average Bonchev–Trinajstić information content (AvgIpc) is 2.80. The molecule has 0 bridgehead atoms. The molecule has 2 aromatic rings. The summed E-state index contributed by atoms with van der Waals surface area (Å²) >= 11 is 0. The fraction of sp³-hybridized carbons (Fsp3) is 0.412. The van der Waals surface area contributed by atoms with Crippen molar-refractivity contribution in [3.05, 3.63) is 60.9 Å². The Morgan fingerprint density at radius 1 is 1.10 bits per heavy atom. The lowest BCUT2D eigenvalue weighted by Gasteiger charge is -2.20. The van der Waals surface area contributed by atoms with Crippen LogP contribution in [0.15, 0.2) is 27.8 Å². The fourth-order valence-corrected chi connectivity index (χ4v) is 3.08. The van der Waals surface area contributed by atoms with E-state index in [4.69, 9.17) is 0 Å². The Morgan fingerprint density at radius 2 is 1.80 bits per heavy atom. The van der Waals surface area contributed by atoms with Gasteiger partial charge in [-0.15, -0.1) is 0 Å². The second-order valence-corrected chi connectivity index (χ2v) is 6.19. The molecular weight excluding hydrogens is 250 g/mol. The molecule has 1 aliphatic rings. The van der Waals surface area contributed by atoms with Crippen molar-refractivity contribution in [1.82, 2.24) is 0 Å². The van der Waals surface area contributed by atoms with Crippen LogP contribution in [0, 0.1) is 12.8 Å². The number of benzene rings is 1. The van der Waals surface area contributed by atoms with Crippen LogP contribution in [-0.2, 0) is 19.5 Å². The average molecular weight is 269 g/mol. The Hall–Kier alpha value is -1.90. The standard InChI is InChI=1S/C17H19NO2/c1-10(2)6-12-4-5-13-8-18(9-14(13)7-12)15-11(3)16(19)17(15)20/h4-5,7,10H,6,8-9H2,1-3H3. The van der Waals surface area contributed by atoms with Gasteiger partial charge in [-0.2, -0.15) is 0 Å². The zero-order valence-corrected chi connectivity index (χ0v) is 12.2. The van der Waals surface area contributed by atoms with Crippen LogP contribution in [0.1, 0.15) is 36.1 Å². The normalized spacial score (nSPS) is 14.3. The quantitative estimate of drug-likeness (QED) is 0.802. The Balaban J connectivity index is 1.86. The number of nitrogens with zero attached hydrogens (tertiary/aromatic N) is 1. The maximum atomic E-state index is 11.7. The van der Waals surface area contributed by atoms with E-state index in [0.717, 1.165) is 19.5 Å². The van der Waals surface area contributed by atoms with Gasteiger partial charge in [-0.05, 0) is 36.0 Å². The maximum absolute atomic E-state index is 11.7. The first kappa shape index (κ1) is 13.1. The molecule has 0 N–H and O–H groups in total. The molecule has 0 saturated carbocycles. The Morgan fingerprint density at radius 3 is 2.45 bits per heavy atom. The van der Waals surface area contributed by atoms with Crippen molar-refractivity contribution in [2.75, 3.05) is 4.90 Å². The van der Waals surface area contributed by atoms with E-state index < -0.39 is 0 Å². The lowest BCUT2D eigenvalue weighted by molar-refractivity contribution is 0.647. The molecule has 0 aromatic heterocycles. The van der Waals surface area contributed by atoms with E-state index in [0.29, 0.717) is 17.2 Å². The summed E-state index contributed by atoms with van der Waals surface area (Å²) in [6, 6.07) is 6.58. The van der Waals surface area contributed by atoms with Gasteiger partial charge in [-0.3, -0.25) is 9.59 Å². The van der Waals surface area contributed by atoms with E-state index in [9.17, 15) is 9.59 Å². The van der Waals surface area contributed by atoms with E-state index in [-0.39, 0.29) is 10.9 Å². The number of fused-ring (bicyclic) bond motifs is 1. The molecular formula is C17H19NO2. The summed E-state index contributed by atoms with van der Waals surface area (Å²) in [7, 11) is 0. The van der Waals surface area contributed by atoms with Crippen molar-refractivity contribution < 1.29 is 0 Å². The topological polar surface area (TPSA) is 37.4 Å². The molecule has 1 heterocycles. The van der Waals surface area contributed by atoms with Gasteiger partial charge in [0.1, 0.15) is 0 Å². The highest BCUT2D eigenvalue weighted by molar-refractivity contribution is 5.60. The van der Waals surface area contributed by atoms with Crippen LogP contribution in [0.4, 0.5) is 5.69 Å². The van der Waals surface area contributed by atoms with Gasteiger partial charge in [0.2, 0.25) is 10.9 Å². The number of rotatable bonds is 3. The zero-order chi connectivity index (χ0) is 14.4. The molecule has 104 valence electrons. The van der Waals surface area contributed by atoms with Crippen LogP contribution < -0.4 is 15.8 Å². The number of hydrogen-bond acceptors (Lipinski definition) is 3. The monoisotopic (exact) mass is 269 g/mol. The first-order valence-electron chi connectivity index (χ1n) is 7.13. The second-order valence-electron chi connectivity index (χ2n) is 6.19. The minimum Gasteiger partial charge on any atom is -0.359 e. The molecule has 3 rings (SSSR count). The van der Waals surface area contributed by atoms with Gasteiger partial charge in [0.25, 0.3) is 0 Å². The summed E-state index contributed by atoms with van der Waals surface area (Å²) in [5.74, 6) is 0.640. The molecule has 0 spiro atoms. The van der Waals surface area contributed by atoms with E-state index >= 15 is 0 Å². The summed E-state index contributed by atoms with van der Waals surface area (Å²) in [6.45, 7) is 7.65. The van der Waals surface area contributed by atoms with Crippen molar-refractivity contribution >= 4 is 5.69 Å². The van der Waals surface area contributed by atoms with Crippen molar-refractivity contribution in [3.63, 3.8) is 0 Å². The minimum atomic E-state index is -0.323. The van der Waals surface area contributed by atoms with Gasteiger partial charge >= 0.3 is 0 Å². The third-order valence-electron chi connectivity index (χ3n) is 4.07. The summed E-state index contributed by atoms with van der Waals surface area (Å²) in [5.41, 5.74) is 4.50. The molecule has 1 aliphatic heterocycles. The van der Waals surface area contributed by atoms with Crippen LogP contribution >= 0.6 is 0 Å². The van der Waals surface area contributed by atoms with E-state index in [2.05, 4.69) is 32.0 Å². The molecule has 0 radical (unpaired) electrons. The highest BCUT2D eigenvalue weighted by Crippen LogP contribution is 2.29. The first-order valence-corrected chi connectivity index (χ1v) is 7.13. The summed E-state index contributed by atoms with van der Waals surface area (Å²) in [4.78, 5) is 25.0. The predicted molar refractivity (Wildman–Crippen MR) is 81.0 cm³/mol. The van der Waals surface area contributed by atoms with Crippen LogP contribution in [0.3, 0.4) is 0 Å². The molecule has 0 amide bonds. The predicted octanol–water partition coefficient (Wildman–Crippen LogP) is 2.31. The van der Waals surface area contributed by atoms with Crippen molar-refractivity contribution in [2.45, 2.75) is 40.3 Å². The zero-order valence-electron chi connectivity index (χ0n) is 12.2. The van der Waals surface area contributed by atoms with Crippen molar-refractivity contribution in [2.24, 2.45) is 5.92 Å². The summed E-state index contributed by atoms with van der Waals surface area (Å²) < 4.78 is 0. The maximum Gasteiger partial charge on any atom is 0.249 e. The highest BCUT2D eigenvalue weighted by Gasteiger charge is 2.27. The third-order valence-corrected chi connectivity index (χ3v) is 4.07. The molecule has 0 unspecified atom stereocenters. The molecule has 2 aromatic carbocycles. The Kier molecular flexibility index (Phi) is 3.00. The van der Waals surface area contributed by atoms with Crippen LogP contribution in [0.5, 0.6) is 0 Å². The molecule has 0 fully saturated rings. The fourth-order valence-electron chi connectivity index (χ4n) is 3.08. The Bertz CT molecular complexity index is 736. The smallest absolute Gasteiger partial charge is 0.249 e. The van der Waals surface area contributed by atoms with Crippen LogP contribution in [0.2, 0.25) is 0 Å². The molecule has 0 atom stereocenters. The van der Waals surface area contributed by atoms with Gasteiger partial charge in [0.15, 0.2) is 0 Å². The third kappa shape index (κ3) is 1.98. The lowest BCUT2D eigenvalue weighted by Crippen LogP contribution is -2.40. The van der Waals surface area contributed by atoms with Crippen molar-refractivity contribution in [3.8, 4) is 0 Å². The van der Waals surface area contributed by atoms with Gasteiger partial charge in [-0.25, -0.2) is 0 Å². The van der Waals surface area contributed by atoms with Gasteiger partial charge < -0.3 is 4.90 Å². The summed E-state index contributed by atoms with van der Waals surface area (Å²) in [6.07, 6.45) is 1.08.